The summed E-state index contributed by atoms with van der Waals surface area (Å²) in [5, 5.41) is 0. The smallest absolute Gasteiger partial charge is 0.251 e. The van der Waals surface area contributed by atoms with E-state index in [1.54, 1.807) is 0 Å². The molecule has 0 bridgehead atoms. The first-order chi connectivity index (χ1) is 7.70. The molecule has 100 valence electrons. The first-order valence-electron chi connectivity index (χ1n) is 6.93. The molecule has 2 aliphatic heterocycles. The van der Waals surface area contributed by atoms with Crippen LogP contribution in [0.25, 0.3) is 0 Å². The second-order valence-electron chi connectivity index (χ2n) is 5.54. The zero-order valence-electron chi connectivity index (χ0n) is 11.2. The lowest BCUT2D eigenvalue weighted by atomic mass is 9.98. The minimum atomic E-state index is -0.139. The van der Waals surface area contributed by atoms with Gasteiger partial charge in [0.05, 0.1) is 12.2 Å². The lowest BCUT2D eigenvalue weighted by molar-refractivity contribution is -0.107. The molecule has 2 nitrogen and oxygen atoms in total. The van der Waals surface area contributed by atoms with Gasteiger partial charge in [-0.3, -0.25) is 0 Å². The normalized spacial score (nSPS) is 28.4. The predicted octanol–water partition coefficient (Wildman–Crippen LogP) is 2.31. The summed E-state index contributed by atoms with van der Waals surface area (Å²) in [6.07, 6.45) is 8.38. The second kappa shape index (κ2) is 10.9. The molecule has 0 aliphatic carbocycles. The van der Waals surface area contributed by atoms with Crippen molar-refractivity contribution in [3.8, 4) is 0 Å². The molecule has 2 heterocycles. The van der Waals surface area contributed by atoms with E-state index >= 15 is 0 Å². The molecular formula is C13H30Al2O2. The Morgan fingerprint density at radius 3 is 1.35 bits per heavy atom. The highest BCUT2D eigenvalue weighted by Gasteiger charge is 2.26. The zero-order chi connectivity index (χ0) is 11.8. The van der Waals surface area contributed by atoms with Crippen LogP contribution in [0.3, 0.4) is 0 Å². The third kappa shape index (κ3) is 8.66. The summed E-state index contributed by atoms with van der Waals surface area (Å²) < 4.78 is 11.4. The van der Waals surface area contributed by atoms with Crippen molar-refractivity contribution in [2.24, 2.45) is 0 Å². The van der Waals surface area contributed by atoms with Gasteiger partial charge in [-0.25, -0.2) is 0 Å². The van der Waals surface area contributed by atoms with Crippen molar-refractivity contribution < 1.29 is 9.47 Å². The van der Waals surface area contributed by atoms with E-state index in [1.165, 1.54) is 38.5 Å². The Kier molecular flexibility index (Phi) is 11.5. The number of rotatable bonds is 1. The fourth-order valence-corrected chi connectivity index (χ4v) is 2.12. The molecule has 0 N–H and O–H groups in total. The second-order valence-corrected chi connectivity index (χ2v) is 9.01. The summed E-state index contributed by atoms with van der Waals surface area (Å²) in [5.41, 5.74) is 0. The minimum Gasteiger partial charge on any atom is -0.376 e. The molecule has 2 fully saturated rings. The summed E-state index contributed by atoms with van der Waals surface area (Å²) in [7, 11) is 0. The zero-order valence-corrected chi connectivity index (χ0v) is 12.4. The summed E-state index contributed by atoms with van der Waals surface area (Å²) in [5.74, 6) is 6.92. The lowest BCUT2D eigenvalue weighted by Crippen LogP contribution is -2.36. The van der Waals surface area contributed by atoms with Crippen molar-refractivity contribution >= 4 is 31.5 Å². The Bertz CT molecular complexity index is 146. The maximum atomic E-state index is 5.69. The van der Waals surface area contributed by atoms with E-state index in [9.17, 15) is 0 Å². The maximum Gasteiger partial charge on any atom is 0.251 e. The molecule has 0 aromatic heterocycles. The molecule has 2 rings (SSSR count). The molecule has 0 aromatic carbocycles. The summed E-state index contributed by atoms with van der Waals surface area (Å²) in [6.45, 7) is 1.90. The first-order valence-corrected chi connectivity index (χ1v) is 10.4. The van der Waals surface area contributed by atoms with Gasteiger partial charge >= 0.3 is 0 Å². The number of hydrogen-bond donors (Lipinski definition) is 0. The van der Waals surface area contributed by atoms with Crippen molar-refractivity contribution in [2.75, 3.05) is 13.2 Å². The highest BCUT2D eigenvalue weighted by Crippen LogP contribution is 2.24. The minimum absolute atomic E-state index is 0. The molecule has 2 unspecified atom stereocenters. The van der Waals surface area contributed by atoms with Gasteiger partial charge in [-0.05, 0) is 38.5 Å². The van der Waals surface area contributed by atoms with Crippen LogP contribution in [0, 0.1) is 0 Å². The molecule has 17 heavy (non-hydrogen) atoms. The largest absolute Gasteiger partial charge is 0.376 e. The summed E-state index contributed by atoms with van der Waals surface area (Å²) in [4.78, 5) is 0. The van der Waals surface area contributed by atoms with Gasteiger partial charge < -0.3 is 9.47 Å². The third-order valence-corrected chi connectivity index (χ3v) is 2.84. The van der Waals surface area contributed by atoms with Crippen LogP contribution >= 0.6 is 0 Å². The van der Waals surface area contributed by atoms with E-state index in [-0.39, 0.29) is 31.5 Å². The number of hydrogen-bond acceptors (Lipinski definition) is 2. The Labute approximate surface area is 122 Å². The average molecular weight is 272 g/mol. The third-order valence-electron chi connectivity index (χ3n) is 2.84. The molecule has 0 spiro atoms. The molecule has 2 aliphatic rings. The summed E-state index contributed by atoms with van der Waals surface area (Å²) in [6, 6.07) is 0. The quantitative estimate of drug-likeness (QED) is 0.682. The molecular weight excluding hydrogens is 242 g/mol. The van der Waals surface area contributed by atoms with E-state index in [0.717, 1.165) is 13.2 Å². The SMILES string of the molecule is C1CCC(C2CCCCO2)OC1.[AlH3].[CH3][Al]([CH3])[CH3]. The summed E-state index contributed by atoms with van der Waals surface area (Å²) >= 11 is -0.139. The van der Waals surface area contributed by atoms with Gasteiger partial charge in [-0.15, -0.1) is 17.4 Å². The topological polar surface area (TPSA) is 18.5 Å². The van der Waals surface area contributed by atoms with Gasteiger partial charge in [0.15, 0.2) is 17.4 Å². The van der Waals surface area contributed by atoms with Crippen molar-refractivity contribution in [3.05, 3.63) is 0 Å². The van der Waals surface area contributed by atoms with Crippen molar-refractivity contribution in [3.63, 3.8) is 0 Å². The van der Waals surface area contributed by atoms with Gasteiger partial charge in [0.25, 0.3) is 14.1 Å². The van der Waals surface area contributed by atoms with E-state index in [2.05, 4.69) is 17.4 Å². The molecule has 4 heteroatoms. The van der Waals surface area contributed by atoms with E-state index < -0.39 is 0 Å². The molecule has 0 amide bonds. The van der Waals surface area contributed by atoms with Crippen molar-refractivity contribution in [1.29, 1.82) is 0 Å². The Morgan fingerprint density at radius 2 is 1.12 bits per heavy atom. The highest BCUT2D eigenvalue weighted by molar-refractivity contribution is 6.54. The van der Waals surface area contributed by atoms with E-state index in [0.29, 0.717) is 12.2 Å². The fourth-order valence-electron chi connectivity index (χ4n) is 2.12. The van der Waals surface area contributed by atoms with E-state index in [4.69, 9.17) is 9.47 Å². The van der Waals surface area contributed by atoms with Crippen LogP contribution in [0.15, 0.2) is 0 Å². The van der Waals surface area contributed by atoms with Gasteiger partial charge in [-0.2, -0.15) is 0 Å². The van der Waals surface area contributed by atoms with Crippen LogP contribution in [0.4, 0.5) is 0 Å². The van der Waals surface area contributed by atoms with Crippen molar-refractivity contribution in [2.45, 2.75) is 68.1 Å². The van der Waals surface area contributed by atoms with Crippen LogP contribution in [0.2, 0.25) is 17.4 Å². The maximum absolute atomic E-state index is 5.69. The van der Waals surface area contributed by atoms with Crippen LogP contribution in [0.1, 0.15) is 38.5 Å². The van der Waals surface area contributed by atoms with Gasteiger partial charge in [0.2, 0.25) is 0 Å². The molecule has 0 saturated carbocycles. The van der Waals surface area contributed by atoms with Gasteiger partial charge in [-0.1, -0.05) is 0 Å². The van der Waals surface area contributed by atoms with Crippen LogP contribution < -0.4 is 0 Å². The number of ether oxygens (including phenoxy) is 2. The van der Waals surface area contributed by atoms with Gasteiger partial charge in [0, 0.05) is 13.2 Å². The Morgan fingerprint density at radius 1 is 0.765 bits per heavy atom. The monoisotopic (exact) mass is 272 g/mol. The van der Waals surface area contributed by atoms with E-state index in [1.807, 2.05) is 0 Å². The van der Waals surface area contributed by atoms with Crippen LogP contribution in [-0.4, -0.2) is 56.9 Å². The molecule has 0 radical (unpaired) electrons. The highest BCUT2D eigenvalue weighted by atomic mass is 27.2. The fraction of sp³-hybridized carbons (Fsp3) is 1.00. The average Bonchev–Trinajstić information content (AvgIpc) is 2.31. The Balaban J connectivity index is 0.000000453. The molecule has 0 aromatic rings. The van der Waals surface area contributed by atoms with Crippen LogP contribution in [0.5, 0.6) is 0 Å². The molecule has 2 atom stereocenters. The predicted molar refractivity (Wildman–Crippen MR) is 80.5 cm³/mol. The molecule has 2 saturated heterocycles. The van der Waals surface area contributed by atoms with Gasteiger partial charge in [0.1, 0.15) is 0 Å². The van der Waals surface area contributed by atoms with Crippen molar-refractivity contribution in [1.82, 2.24) is 0 Å². The van der Waals surface area contributed by atoms with Crippen LogP contribution in [-0.2, 0) is 9.47 Å². The first kappa shape index (κ1) is 18.0. The Hall–Kier alpha value is 0.985. The standard InChI is InChI=1S/C10H18O2.3CH3.2Al.3H/c1-3-7-11-9(5-1)10-6-2-4-8-12-10;;;;;;;;/h9-10H,1-8H2;3*1H3;;;;;. The lowest BCUT2D eigenvalue weighted by Gasteiger charge is -2.32.